The number of hydrogen-bond acceptors (Lipinski definition) is 1. The van der Waals surface area contributed by atoms with Gasteiger partial charge in [0, 0.05) is 12.1 Å². The Hall–Kier alpha value is -0.0400. The molecule has 0 aliphatic carbocycles. The molecule has 0 amide bonds. The predicted molar refractivity (Wildman–Crippen MR) is 84.1 cm³/mol. The molecule has 0 aromatic heterocycles. The van der Waals surface area contributed by atoms with Crippen molar-refractivity contribution in [3.63, 3.8) is 0 Å². The molecule has 1 heteroatoms. The van der Waals surface area contributed by atoms with Crippen LogP contribution in [0.15, 0.2) is 0 Å². The van der Waals surface area contributed by atoms with Gasteiger partial charge < -0.3 is 5.32 Å². The van der Waals surface area contributed by atoms with E-state index in [1.165, 1.54) is 57.8 Å². The van der Waals surface area contributed by atoms with E-state index in [0.29, 0.717) is 6.04 Å². The summed E-state index contributed by atoms with van der Waals surface area (Å²) in [6.07, 6.45) is 12.3. The molecule has 1 nitrogen and oxygen atoms in total. The van der Waals surface area contributed by atoms with E-state index in [-0.39, 0.29) is 0 Å². The fraction of sp³-hybridized carbons (Fsp3) is 1.00. The van der Waals surface area contributed by atoms with Crippen LogP contribution < -0.4 is 5.32 Å². The summed E-state index contributed by atoms with van der Waals surface area (Å²) >= 11 is 0. The lowest BCUT2D eigenvalue weighted by Crippen LogP contribution is -2.41. The maximum atomic E-state index is 3.92. The minimum atomic E-state index is 0.707. The Labute approximate surface area is 116 Å². The zero-order valence-corrected chi connectivity index (χ0v) is 13.6. The minimum absolute atomic E-state index is 0.707. The lowest BCUT2D eigenvalue weighted by atomic mass is 9.96. The summed E-state index contributed by atoms with van der Waals surface area (Å²) in [5.41, 5.74) is 0. The molecule has 0 bridgehead atoms. The molecular formula is C17H37N. The van der Waals surface area contributed by atoms with Gasteiger partial charge in [0.05, 0.1) is 0 Å². The molecule has 0 heterocycles. The van der Waals surface area contributed by atoms with Crippen molar-refractivity contribution in [2.24, 2.45) is 5.92 Å². The molecule has 0 aliphatic heterocycles. The zero-order valence-electron chi connectivity index (χ0n) is 13.6. The average Bonchev–Trinajstić information content (AvgIpc) is 2.35. The van der Waals surface area contributed by atoms with Crippen LogP contribution >= 0.6 is 0 Å². The topological polar surface area (TPSA) is 12.0 Å². The van der Waals surface area contributed by atoms with Gasteiger partial charge in [-0.2, -0.15) is 0 Å². The van der Waals surface area contributed by atoms with Crippen LogP contribution in [0, 0.1) is 5.92 Å². The highest BCUT2D eigenvalue weighted by Crippen LogP contribution is 2.15. The summed E-state index contributed by atoms with van der Waals surface area (Å²) in [6, 6.07) is 1.47. The molecule has 0 fully saturated rings. The summed E-state index contributed by atoms with van der Waals surface area (Å²) < 4.78 is 0. The van der Waals surface area contributed by atoms with E-state index in [0.717, 1.165) is 12.0 Å². The van der Waals surface area contributed by atoms with Gasteiger partial charge in [-0.1, -0.05) is 73.1 Å². The van der Waals surface area contributed by atoms with Crippen molar-refractivity contribution in [3.8, 4) is 0 Å². The highest BCUT2D eigenvalue weighted by Gasteiger charge is 2.16. The summed E-state index contributed by atoms with van der Waals surface area (Å²) in [7, 11) is 0. The first-order valence-electron chi connectivity index (χ1n) is 8.41. The van der Waals surface area contributed by atoms with E-state index in [1.807, 2.05) is 0 Å². The molecule has 110 valence electrons. The zero-order chi connectivity index (χ0) is 13.8. The Balaban J connectivity index is 4.07. The standard InChI is InChI=1S/C17H37N/c1-6-9-11-13-16(14-12-10-7-2)18-17(8-3)15(4)5/h15-18H,6-14H2,1-5H3. The van der Waals surface area contributed by atoms with E-state index in [1.54, 1.807) is 0 Å². The number of nitrogens with one attached hydrogen (secondary N) is 1. The van der Waals surface area contributed by atoms with Crippen molar-refractivity contribution in [2.45, 2.75) is 104 Å². The lowest BCUT2D eigenvalue weighted by molar-refractivity contribution is 0.312. The number of unbranched alkanes of at least 4 members (excludes halogenated alkanes) is 4. The first-order chi connectivity index (χ1) is 8.65. The molecule has 18 heavy (non-hydrogen) atoms. The molecule has 0 saturated carbocycles. The van der Waals surface area contributed by atoms with Gasteiger partial charge in [-0.05, 0) is 25.2 Å². The maximum Gasteiger partial charge on any atom is 0.00900 e. The third kappa shape index (κ3) is 8.97. The second kappa shape index (κ2) is 12.0. The third-order valence-corrected chi connectivity index (χ3v) is 4.01. The van der Waals surface area contributed by atoms with Crippen molar-refractivity contribution in [2.75, 3.05) is 0 Å². The highest BCUT2D eigenvalue weighted by molar-refractivity contribution is 4.76. The molecule has 1 N–H and O–H groups in total. The Kier molecular flexibility index (Phi) is 12.0. The molecule has 0 aliphatic rings. The number of rotatable bonds is 12. The smallest absolute Gasteiger partial charge is 0.00900 e. The summed E-state index contributed by atoms with van der Waals surface area (Å²) in [4.78, 5) is 0. The van der Waals surface area contributed by atoms with Gasteiger partial charge in [-0.3, -0.25) is 0 Å². The summed E-state index contributed by atoms with van der Waals surface area (Å²) in [5.74, 6) is 0.759. The summed E-state index contributed by atoms with van der Waals surface area (Å²) in [5, 5.41) is 3.92. The predicted octanol–water partition coefficient (Wildman–Crippen LogP) is 5.54. The van der Waals surface area contributed by atoms with E-state index in [2.05, 4.69) is 39.9 Å². The van der Waals surface area contributed by atoms with Gasteiger partial charge in [0.15, 0.2) is 0 Å². The Bertz CT molecular complexity index is 155. The van der Waals surface area contributed by atoms with Crippen LogP contribution in [0.5, 0.6) is 0 Å². The molecule has 0 rings (SSSR count). The SMILES string of the molecule is CCCCCC(CCCCC)NC(CC)C(C)C. The molecule has 0 saturated heterocycles. The molecule has 0 aromatic carbocycles. The van der Waals surface area contributed by atoms with Crippen LogP contribution in [0.25, 0.3) is 0 Å². The molecule has 1 atom stereocenters. The summed E-state index contributed by atoms with van der Waals surface area (Å²) in [6.45, 7) is 11.6. The Morgan fingerprint density at radius 2 is 1.28 bits per heavy atom. The van der Waals surface area contributed by atoms with Crippen molar-refractivity contribution in [1.29, 1.82) is 0 Å². The van der Waals surface area contributed by atoms with E-state index in [4.69, 9.17) is 0 Å². The van der Waals surface area contributed by atoms with Crippen molar-refractivity contribution in [3.05, 3.63) is 0 Å². The number of hydrogen-bond donors (Lipinski definition) is 1. The largest absolute Gasteiger partial charge is 0.311 e. The highest BCUT2D eigenvalue weighted by atomic mass is 15.0. The van der Waals surface area contributed by atoms with Crippen molar-refractivity contribution < 1.29 is 0 Å². The first-order valence-corrected chi connectivity index (χ1v) is 8.41. The van der Waals surface area contributed by atoms with Crippen LogP contribution in [0.2, 0.25) is 0 Å². The maximum absolute atomic E-state index is 3.92. The monoisotopic (exact) mass is 255 g/mol. The van der Waals surface area contributed by atoms with E-state index >= 15 is 0 Å². The van der Waals surface area contributed by atoms with Gasteiger partial charge in [0.25, 0.3) is 0 Å². The molecule has 1 unspecified atom stereocenters. The quantitative estimate of drug-likeness (QED) is 0.451. The lowest BCUT2D eigenvalue weighted by Gasteiger charge is -2.28. The van der Waals surface area contributed by atoms with Crippen molar-refractivity contribution in [1.82, 2.24) is 5.32 Å². The van der Waals surface area contributed by atoms with Gasteiger partial charge in [0.1, 0.15) is 0 Å². The van der Waals surface area contributed by atoms with Gasteiger partial charge in [0.2, 0.25) is 0 Å². The normalized spacial score (nSPS) is 13.5. The van der Waals surface area contributed by atoms with Gasteiger partial charge >= 0.3 is 0 Å². The second-order valence-corrected chi connectivity index (χ2v) is 6.11. The average molecular weight is 255 g/mol. The Morgan fingerprint density at radius 1 is 0.778 bits per heavy atom. The van der Waals surface area contributed by atoms with Crippen LogP contribution in [-0.4, -0.2) is 12.1 Å². The first kappa shape index (κ1) is 18.0. The molecule has 0 spiro atoms. The molecule has 0 radical (unpaired) electrons. The van der Waals surface area contributed by atoms with Crippen LogP contribution in [-0.2, 0) is 0 Å². The van der Waals surface area contributed by atoms with Gasteiger partial charge in [-0.25, -0.2) is 0 Å². The van der Waals surface area contributed by atoms with Crippen LogP contribution in [0.3, 0.4) is 0 Å². The minimum Gasteiger partial charge on any atom is -0.311 e. The second-order valence-electron chi connectivity index (χ2n) is 6.11. The fourth-order valence-electron chi connectivity index (χ4n) is 2.68. The fourth-order valence-corrected chi connectivity index (χ4v) is 2.68. The molecule has 0 aromatic rings. The van der Waals surface area contributed by atoms with E-state index in [9.17, 15) is 0 Å². The van der Waals surface area contributed by atoms with E-state index < -0.39 is 0 Å². The third-order valence-electron chi connectivity index (χ3n) is 4.01. The van der Waals surface area contributed by atoms with Gasteiger partial charge in [-0.15, -0.1) is 0 Å². The van der Waals surface area contributed by atoms with Crippen molar-refractivity contribution >= 4 is 0 Å². The Morgan fingerprint density at radius 3 is 1.61 bits per heavy atom. The van der Waals surface area contributed by atoms with Crippen LogP contribution in [0.1, 0.15) is 92.4 Å². The molecular weight excluding hydrogens is 218 g/mol. The van der Waals surface area contributed by atoms with Crippen LogP contribution in [0.4, 0.5) is 0 Å².